The first-order chi connectivity index (χ1) is 7.12. The van der Waals surface area contributed by atoms with Gasteiger partial charge in [-0.2, -0.15) is 0 Å². The third-order valence-corrected chi connectivity index (χ3v) is 3.09. The number of hydrogen-bond donors (Lipinski definition) is 1. The highest BCUT2D eigenvalue weighted by atomic mass is 14.9. The summed E-state index contributed by atoms with van der Waals surface area (Å²) in [7, 11) is 0. The minimum Gasteiger partial charge on any atom is -0.386 e. The Labute approximate surface area is 90.7 Å². The van der Waals surface area contributed by atoms with Gasteiger partial charge in [0.2, 0.25) is 0 Å². The molecule has 0 fully saturated rings. The summed E-state index contributed by atoms with van der Waals surface area (Å²) in [5, 5.41) is 3.15. The highest BCUT2D eigenvalue weighted by Crippen LogP contribution is 2.24. The Kier molecular flexibility index (Phi) is 2.47. The number of fused-ring (bicyclic) bond motifs is 1. The van der Waals surface area contributed by atoms with Crippen LogP contribution >= 0.6 is 0 Å². The van der Waals surface area contributed by atoms with Crippen LogP contribution in [0.2, 0.25) is 0 Å². The van der Waals surface area contributed by atoms with Crippen molar-refractivity contribution < 1.29 is 0 Å². The van der Waals surface area contributed by atoms with Crippen LogP contribution in [0.3, 0.4) is 0 Å². The van der Waals surface area contributed by atoms with E-state index in [9.17, 15) is 0 Å². The van der Waals surface area contributed by atoms with E-state index in [2.05, 4.69) is 42.1 Å². The molecule has 0 aromatic heterocycles. The molecule has 0 aromatic carbocycles. The Hall–Kier alpha value is -1.38. The lowest BCUT2D eigenvalue weighted by Gasteiger charge is -2.23. The van der Waals surface area contributed by atoms with Gasteiger partial charge in [-0.25, -0.2) is 0 Å². The Morgan fingerprint density at radius 3 is 3.00 bits per heavy atom. The maximum Gasteiger partial charge on any atom is 0.0952 e. The third-order valence-electron chi connectivity index (χ3n) is 3.09. The van der Waals surface area contributed by atoms with Crippen LogP contribution < -0.4 is 5.32 Å². The lowest BCUT2D eigenvalue weighted by Crippen LogP contribution is -2.30. The first kappa shape index (κ1) is 10.1. The monoisotopic (exact) mass is 203 g/mol. The van der Waals surface area contributed by atoms with Crippen molar-refractivity contribution in [3.8, 4) is 0 Å². The number of aliphatic imine (C=N–C) groups is 2. The van der Waals surface area contributed by atoms with Gasteiger partial charge < -0.3 is 5.32 Å². The molecule has 3 heteroatoms. The summed E-state index contributed by atoms with van der Waals surface area (Å²) in [5.41, 5.74) is 1.92. The second-order valence-corrected chi connectivity index (χ2v) is 4.49. The van der Waals surface area contributed by atoms with Crippen molar-refractivity contribution >= 4 is 12.4 Å². The fourth-order valence-electron chi connectivity index (χ4n) is 1.48. The number of nitrogens with zero attached hydrogens (tertiary/aromatic N) is 2. The van der Waals surface area contributed by atoms with Crippen LogP contribution in [0.4, 0.5) is 0 Å². The highest BCUT2D eigenvalue weighted by Gasteiger charge is 2.26. The lowest BCUT2D eigenvalue weighted by molar-refractivity contribution is 0.461. The molecule has 0 radical (unpaired) electrons. The number of allylic oxidation sites excluding steroid dienone is 1. The van der Waals surface area contributed by atoms with Crippen molar-refractivity contribution in [2.24, 2.45) is 15.9 Å². The molecule has 15 heavy (non-hydrogen) atoms. The zero-order valence-electron chi connectivity index (χ0n) is 9.49. The molecule has 0 amide bonds. The minimum absolute atomic E-state index is 0.182. The molecule has 1 atom stereocenters. The number of dihydropyridines is 1. The van der Waals surface area contributed by atoms with Gasteiger partial charge in [-0.3, -0.25) is 9.98 Å². The van der Waals surface area contributed by atoms with Gasteiger partial charge in [0.1, 0.15) is 0 Å². The fraction of sp³-hybridized carbons (Fsp3) is 0.500. The zero-order valence-corrected chi connectivity index (χ0v) is 9.49. The molecule has 2 rings (SSSR count). The first-order valence-corrected chi connectivity index (χ1v) is 5.36. The van der Waals surface area contributed by atoms with Gasteiger partial charge in [0.05, 0.1) is 11.2 Å². The van der Waals surface area contributed by atoms with Crippen LogP contribution in [0.1, 0.15) is 20.8 Å². The van der Waals surface area contributed by atoms with Crippen molar-refractivity contribution in [3.63, 3.8) is 0 Å². The summed E-state index contributed by atoms with van der Waals surface area (Å²) in [6.45, 7) is 7.31. The van der Waals surface area contributed by atoms with E-state index >= 15 is 0 Å². The van der Waals surface area contributed by atoms with Gasteiger partial charge in [0.15, 0.2) is 0 Å². The van der Waals surface area contributed by atoms with Crippen molar-refractivity contribution in [1.29, 1.82) is 0 Å². The molecule has 2 aliphatic heterocycles. The molecular formula is C12H17N3. The molecule has 0 aromatic rings. The van der Waals surface area contributed by atoms with Crippen molar-refractivity contribution in [3.05, 3.63) is 23.5 Å². The van der Waals surface area contributed by atoms with Gasteiger partial charge >= 0.3 is 0 Å². The van der Waals surface area contributed by atoms with E-state index in [4.69, 9.17) is 0 Å². The maximum atomic E-state index is 4.63. The molecule has 2 aliphatic rings. The SMILES string of the molecule is CC(C)C1(C)C=NC2=CNCC=C2C=N1. The van der Waals surface area contributed by atoms with Crippen molar-refractivity contribution in [2.75, 3.05) is 6.54 Å². The molecule has 0 saturated heterocycles. The van der Waals surface area contributed by atoms with Gasteiger partial charge in [-0.15, -0.1) is 0 Å². The molecule has 0 bridgehead atoms. The van der Waals surface area contributed by atoms with Crippen molar-refractivity contribution in [1.82, 2.24) is 5.32 Å². The Morgan fingerprint density at radius 2 is 2.27 bits per heavy atom. The summed E-state index contributed by atoms with van der Waals surface area (Å²) < 4.78 is 0. The second-order valence-electron chi connectivity index (χ2n) is 4.49. The van der Waals surface area contributed by atoms with E-state index < -0.39 is 0 Å². The number of hydrogen-bond acceptors (Lipinski definition) is 3. The van der Waals surface area contributed by atoms with Crippen LogP contribution in [-0.4, -0.2) is 24.5 Å². The largest absolute Gasteiger partial charge is 0.386 e. The van der Waals surface area contributed by atoms with Gasteiger partial charge in [-0.1, -0.05) is 19.9 Å². The first-order valence-electron chi connectivity index (χ1n) is 5.36. The summed E-state index contributed by atoms with van der Waals surface area (Å²) in [5.74, 6) is 0.451. The van der Waals surface area contributed by atoms with Crippen LogP contribution in [0, 0.1) is 5.92 Å². The highest BCUT2D eigenvalue weighted by molar-refractivity contribution is 5.90. The van der Waals surface area contributed by atoms with Gasteiger partial charge in [-0.05, 0) is 12.8 Å². The molecule has 1 N–H and O–H groups in total. The van der Waals surface area contributed by atoms with E-state index in [-0.39, 0.29) is 5.54 Å². The Balaban J connectivity index is 2.39. The summed E-state index contributed by atoms with van der Waals surface area (Å²) in [6, 6.07) is 0. The molecule has 3 nitrogen and oxygen atoms in total. The molecule has 0 spiro atoms. The van der Waals surface area contributed by atoms with Crippen LogP contribution in [0.15, 0.2) is 33.5 Å². The number of nitrogens with one attached hydrogen (secondary N) is 1. The van der Waals surface area contributed by atoms with Crippen molar-refractivity contribution in [2.45, 2.75) is 26.3 Å². The van der Waals surface area contributed by atoms with E-state index in [0.717, 1.165) is 17.8 Å². The molecular weight excluding hydrogens is 186 g/mol. The smallest absolute Gasteiger partial charge is 0.0952 e. The summed E-state index contributed by atoms with van der Waals surface area (Å²) >= 11 is 0. The normalized spacial score (nSPS) is 29.1. The minimum atomic E-state index is -0.182. The Morgan fingerprint density at radius 1 is 1.47 bits per heavy atom. The van der Waals surface area contributed by atoms with Gasteiger partial charge in [0, 0.05) is 30.7 Å². The molecule has 0 aliphatic carbocycles. The number of rotatable bonds is 1. The second kappa shape index (κ2) is 3.65. The van der Waals surface area contributed by atoms with E-state index in [1.54, 1.807) is 0 Å². The average molecular weight is 203 g/mol. The average Bonchev–Trinajstić information content (AvgIpc) is 2.40. The van der Waals surface area contributed by atoms with E-state index in [1.807, 2.05) is 18.6 Å². The lowest BCUT2D eigenvalue weighted by atomic mass is 9.91. The van der Waals surface area contributed by atoms with E-state index in [0.29, 0.717) is 5.92 Å². The molecule has 1 unspecified atom stereocenters. The van der Waals surface area contributed by atoms with Crippen LogP contribution in [-0.2, 0) is 0 Å². The predicted molar refractivity (Wildman–Crippen MR) is 64.4 cm³/mol. The van der Waals surface area contributed by atoms with E-state index in [1.165, 1.54) is 0 Å². The molecule has 0 saturated carbocycles. The molecule has 80 valence electrons. The Bertz CT molecular complexity index is 342. The van der Waals surface area contributed by atoms with Gasteiger partial charge in [0.25, 0.3) is 0 Å². The zero-order chi connectivity index (χ0) is 10.9. The summed E-state index contributed by atoms with van der Waals surface area (Å²) in [4.78, 5) is 9.13. The predicted octanol–water partition coefficient (Wildman–Crippen LogP) is 1.93. The maximum absolute atomic E-state index is 4.63. The topological polar surface area (TPSA) is 36.8 Å². The van der Waals surface area contributed by atoms with Crippen LogP contribution in [0.25, 0.3) is 0 Å². The standard InChI is InChI=1S/C12H17N3/c1-9(2)12(3)8-14-11-7-13-5-4-10(11)6-15-12/h4,6-9,13H,5H2,1-3H3. The quantitative estimate of drug-likeness (QED) is 0.694. The fourth-order valence-corrected chi connectivity index (χ4v) is 1.48. The van der Waals surface area contributed by atoms with Crippen LogP contribution in [0.5, 0.6) is 0 Å². The summed E-state index contributed by atoms with van der Waals surface area (Å²) in [6.07, 6.45) is 7.96. The molecule has 2 heterocycles. The third kappa shape index (κ3) is 1.87.